The number of amides is 1. The fraction of sp³-hybridized carbons (Fsp3) is 0.0526. The van der Waals surface area contributed by atoms with Gasteiger partial charge in [-0.3, -0.25) is 4.79 Å². The molecular formula is C19H16N4O2. The van der Waals surface area contributed by atoms with Gasteiger partial charge < -0.3 is 14.5 Å². The number of fused-ring (bicyclic) bond motifs is 1. The van der Waals surface area contributed by atoms with E-state index in [1.165, 1.54) is 0 Å². The molecule has 3 aromatic heterocycles. The molecule has 1 N–H and O–H groups in total. The number of hydrogen-bond donors (Lipinski definition) is 1. The molecule has 6 heteroatoms. The molecule has 6 nitrogen and oxygen atoms in total. The summed E-state index contributed by atoms with van der Waals surface area (Å²) in [5.41, 5.74) is 2.07. The maximum absolute atomic E-state index is 12.4. The van der Waals surface area contributed by atoms with E-state index < -0.39 is 0 Å². The molecule has 3 heterocycles. The molecule has 0 aliphatic rings. The summed E-state index contributed by atoms with van der Waals surface area (Å²) >= 11 is 0. The topological polar surface area (TPSA) is 60.6 Å². The van der Waals surface area contributed by atoms with Crippen molar-refractivity contribution in [2.24, 2.45) is 0 Å². The molecule has 0 aliphatic carbocycles. The second-order valence-electron chi connectivity index (χ2n) is 5.52. The van der Waals surface area contributed by atoms with Gasteiger partial charge in [-0.25, -0.2) is 4.68 Å². The Bertz CT molecular complexity index is 1050. The van der Waals surface area contributed by atoms with Crippen molar-refractivity contribution < 1.29 is 9.53 Å². The van der Waals surface area contributed by atoms with Crippen LogP contribution in [0.2, 0.25) is 0 Å². The van der Waals surface area contributed by atoms with Gasteiger partial charge in [-0.15, -0.1) is 0 Å². The Balaban J connectivity index is 1.59. The largest absolute Gasteiger partial charge is 0.497 e. The first-order chi connectivity index (χ1) is 12.2. The van der Waals surface area contributed by atoms with Gasteiger partial charge in [0.15, 0.2) is 5.69 Å². The number of benzene rings is 1. The Hall–Kier alpha value is -3.54. The molecule has 0 saturated carbocycles. The van der Waals surface area contributed by atoms with Gasteiger partial charge in [-0.2, -0.15) is 5.10 Å². The van der Waals surface area contributed by atoms with E-state index in [0.717, 1.165) is 11.3 Å². The van der Waals surface area contributed by atoms with Gasteiger partial charge in [0.25, 0.3) is 5.91 Å². The standard InChI is InChI=1S/C19H16N4O2/c1-25-16-7-4-5-14(13-16)20-19(24)17-10-12-23(21-17)18-9-8-15-6-2-3-11-22(15)18/h2-13H,1H3,(H,20,24). The monoisotopic (exact) mass is 332 g/mol. The Morgan fingerprint density at radius 2 is 1.96 bits per heavy atom. The number of anilines is 1. The van der Waals surface area contributed by atoms with Crippen LogP contribution in [0.3, 0.4) is 0 Å². The molecule has 25 heavy (non-hydrogen) atoms. The summed E-state index contributed by atoms with van der Waals surface area (Å²) in [5.74, 6) is 1.28. The summed E-state index contributed by atoms with van der Waals surface area (Å²) in [6, 6.07) is 18.8. The van der Waals surface area contributed by atoms with Crippen molar-refractivity contribution in [2.45, 2.75) is 0 Å². The lowest BCUT2D eigenvalue weighted by Crippen LogP contribution is -2.13. The van der Waals surface area contributed by atoms with E-state index in [1.54, 1.807) is 36.2 Å². The molecule has 1 aromatic carbocycles. The van der Waals surface area contributed by atoms with Gasteiger partial charge in [-0.1, -0.05) is 12.1 Å². The highest BCUT2D eigenvalue weighted by Gasteiger charge is 2.12. The smallest absolute Gasteiger partial charge is 0.276 e. The second kappa shape index (κ2) is 6.16. The molecule has 0 atom stereocenters. The Kier molecular flexibility index (Phi) is 3.70. The fourth-order valence-electron chi connectivity index (χ4n) is 2.70. The van der Waals surface area contributed by atoms with Gasteiger partial charge in [0.05, 0.1) is 7.11 Å². The summed E-state index contributed by atoms with van der Waals surface area (Å²) in [6.45, 7) is 0. The quantitative estimate of drug-likeness (QED) is 0.623. The van der Waals surface area contributed by atoms with Crippen LogP contribution in [0.5, 0.6) is 5.75 Å². The minimum atomic E-state index is -0.270. The van der Waals surface area contributed by atoms with Crippen molar-refractivity contribution in [3.05, 3.63) is 78.8 Å². The number of carbonyl (C=O) groups is 1. The van der Waals surface area contributed by atoms with E-state index in [9.17, 15) is 4.79 Å². The normalized spacial score (nSPS) is 10.8. The maximum Gasteiger partial charge on any atom is 0.276 e. The molecule has 0 aliphatic heterocycles. The second-order valence-corrected chi connectivity index (χ2v) is 5.52. The number of carbonyl (C=O) groups excluding carboxylic acids is 1. The summed E-state index contributed by atoms with van der Waals surface area (Å²) in [6.07, 6.45) is 3.73. The predicted molar refractivity (Wildman–Crippen MR) is 95.5 cm³/mol. The highest BCUT2D eigenvalue weighted by Crippen LogP contribution is 2.18. The van der Waals surface area contributed by atoms with E-state index in [1.807, 2.05) is 53.1 Å². The molecule has 0 fully saturated rings. The van der Waals surface area contributed by atoms with Crippen LogP contribution in [-0.4, -0.2) is 27.2 Å². The van der Waals surface area contributed by atoms with Crippen molar-refractivity contribution in [1.82, 2.24) is 14.2 Å². The number of rotatable bonds is 4. The summed E-state index contributed by atoms with van der Waals surface area (Å²) < 4.78 is 8.86. The van der Waals surface area contributed by atoms with E-state index in [2.05, 4.69) is 10.4 Å². The third kappa shape index (κ3) is 2.85. The minimum absolute atomic E-state index is 0.270. The van der Waals surface area contributed by atoms with Crippen LogP contribution in [0.25, 0.3) is 11.3 Å². The SMILES string of the molecule is COc1cccc(NC(=O)c2ccn(-c3ccc4ccccn34)n2)c1. The minimum Gasteiger partial charge on any atom is -0.497 e. The molecule has 124 valence electrons. The highest BCUT2D eigenvalue weighted by atomic mass is 16.5. The zero-order valence-corrected chi connectivity index (χ0v) is 13.6. The molecule has 4 rings (SSSR count). The number of nitrogens with one attached hydrogen (secondary N) is 1. The number of nitrogens with zero attached hydrogens (tertiary/aromatic N) is 3. The van der Waals surface area contributed by atoms with Crippen molar-refractivity contribution in [2.75, 3.05) is 12.4 Å². The van der Waals surface area contributed by atoms with Crippen molar-refractivity contribution in [3.8, 4) is 11.6 Å². The summed E-state index contributed by atoms with van der Waals surface area (Å²) in [5, 5.41) is 7.22. The van der Waals surface area contributed by atoms with Crippen LogP contribution in [0.1, 0.15) is 10.5 Å². The molecule has 4 aromatic rings. The number of methoxy groups -OCH3 is 1. The highest BCUT2D eigenvalue weighted by molar-refractivity contribution is 6.02. The van der Waals surface area contributed by atoms with Crippen LogP contribution >= 0.6 is 0 Å². The van der Waals surface area contributed by atoms with Gasteiger partial charge >= 0.3 is 0 Å². The Morgan fingerprint density at radius 3 is 2.84 bits per heavy atom. The first kappa shape index (κ1) is 15.0. The van der Waals surface area contributed by atoms with Crippen LogP contribution < -0.4 is 10.1 Å². The average Bonchev–Trinajstić information content (AvgIpc) is 3.28. The lowest BCUT2D eigenvalue weighted by molar-refractivity contribution is 0.102. The first-order valence-corrected chi connectivity index (χ1v) is 7.82. The zero-order chi connectivity index (χ0) is 17.2. The van der Waals surface area contributed by atoms with E-state index in [-0.39, 0.29) is 5.91 Å². The average molecular weight is 332 g/mol. The maximum atomic E-state index is 12.4. The Morgan fingerprint density at radius 1 is 1.04 bits per heavy atom. The molecule has 0 bridgehead atoms. The summed E-state index contributed by atoms with van der Waals surface area (Å²) in [7, 11) is 1.59. The lowest BCUT2D eigenvalue weighted by atomic mass is 10.3. The van der Waals surface area contributed by atoms with Crippen LogP contribution in [0.4, 0.5) is 5.69 Å². The molecule has 0 unspecified atom stereocenters. The predicted octanol–water partition coefficient (Wildman–Crippen LogP) is 3.39. The van der Waals surface area contributed by atoms with Gasteiger partial charge in [0, 0.05) is 29.7 Å². The van der Waals surface area contributed by atoms with Crippen molar-refractivity contribution in [1.29, 1.82) is 0 Å². The van der Waals surface area contributed by atoms with Crippen LogP contribution in [0.15, 0.2) is 73.1 Å². The number of hydrogen-bond acceptors (Lipinski definition) is 3. The van der Waals surface area contributed by atoms with Crippen molar-refractivity contribution >= 4 is 17.1 Å². The van der Waals surface area contributed by atoms with Crippen LogP contribution in [-0.2, 0) is 0 Å². The number of ether oxygens (including phenoxy) is 1. The molecule has 1 amide bonds. The fourth-order valence-corrected chi connectivity index (χ4v) is 2.70. The van der Waals surface area contributed by atoms with Gasteiger partial charge in [0.1, 0.15) is 11.6 Å². The van der Waals surface area contributed by atoms with Crippen LogP contribution in [0, 0.1) is 0 Å². The molecule has 0 radical (unpaired) electrons. The van der Waals surface area contributed by atoms with E-state index >= 15 is 0 Å². The molecule has 0 spiro atoms. The third-order valence-corrected chi connectivity index (χ3v) is 3.93. The van der Waals surface area contributed by atoms with E-state index in [4.69, 9.17) is 4.74 Å². The van der Waals surface area contributed by atoms with Crippen molar-refractivity contribution in [3.63, 3.8) is 0 Å². The lowest BCUT2D eigenvalue weighted by Gasteiger charge is -2.05. The van der Waals surface area contributed by atoms with Gasteiger partial charge in [0.2, 0.25) is 0 Å². The van der Waals surface area contributed by atoms with Gasteiger partial charge in [-0.05, 0) is 42.5 Å². The number of pyridine rings is 1. The Labute approximate surface area is 144 Å². The first-order valence-electron chi connectivity index (χ1n) is 7.82. The summed E-state index contributed by atoms with van der Waals surface area (Å²) in [4.78, 5) is 12.4. The van der Waals surface area contributed by atoms with E-state index in [0.29, 0.717) is 17.1 Å². The third-order valence-electron chi connectivity index (χ3n) is 3.93. The number of aromatic nitrogens is 3. The molecule has 0 saturated heterocycles. The molecular weight excluding hydrogens is 316 g/mol. The zero-order valence-electron chi connectivity index (χ0n) is 13.6.